The molecule has 0 aliphatic heterocycles. The number of methoxy groups -OCH3 is 2. The number of carbonyl (C=O) groups is 1. The van der Waals surface area contributed by atoms with Crippen molar-refractivity contribution < 1.29 is 19.0 Å². The number of amides is 1. The first-order valence-electron chi connectivity index (χ1n) is 9.85. The Kier molecular flexibility index (Phi) is 7.00. The molecule has 0 bridgehead atoms. The molecule has 0 saturated heterocycles. The summed E-state index contributed by atoms with van der Waals surface area (Å²) in [5.41, 5.74) is 4.29. The maximum Gasteiger partial charge on any atom is 0.412 e. The van der Waals surface area contributed by atoms with Gasteiger partial charge in [-0.3, -0.25) is 0 Å². The van der Waals surface area contributed by atoms with Gasteiger partial charge in [-0.15, -0.1) is 0 Å². The summed E-state index contributed by atoms with van der Waals surface area (Å²) in [7, 11) is 1.30. The molecule has 0 heterocycles. The fourth-order valence-corrected chi connectivity index (χ4v) is 5.44. The van der Waals surface area contributed by atoms with Gasteiger partial charge in [0.15, 0.2) is 11.5 Å². The van der Waals surface area contributed by atoms with Crippen molar-refractivity contribution in [2.75, 3.05) is 14.2 Å². The van der Waals surface area contributed by atoms with E-state index < -0.39 is 14.2 Å². The van der Waals surface area contributed by atoms with Crippen molar-refractivity contribution in [2.45, 2.75) is 53.4 Å². The minimum Gasteiger partial charge on any atom is -0.496 e. The molecule has 158 valence electrons. The van der Waals surface area contributed by atoms with Crippen LogP contribution >= 0.6 is 0 Å². The summed E-state index contributed by atoms with van der Waals surface area (Å²) >= 11 is 0. The van der Waals surface area contributed by atoms with Crippen LogP contribution in [0.15, 0.2) is 24.3 Å². The molecular formula is C23H33NO4Si. The van der Waals surface area contributed by atoms with Crippen molar-refractivity contribution in [3.63, 3.8) is 0 Å². The summed E-state index contributed by atoms with van der Waals surface area (Å²) < 4.78 is 17.1. The van der Waals surface area contributed by atoms with Crippen LogP contribution in [0.2, 0.25) is 19.6 Å². The summed E-state index contributed by atoms with van der Waals surface area (Å²) in [5.74, 6) is 1.85. The number of nitrogens with one attached hydrogen (secondary N) is 1. The molecule has 2 aromatic rings. The molecule has 0 spiro atoms. The Labute approximate surface area is 175 Å². The standard InChI is InChI=1S/C23H33NO4Si/c1-14(2)24-23(25)28-21-18(26-5)11-10-17(22(21)29(7,8)9)20-16(4)12-15(3)13-19(20)27-6/h10-14H,1-9H3,(H,24,25). The minimum atomic E-state index is -1.97. The fraction of sp³-hybridized carbons (Fsp3) is 0.435. The summed E-state index contributed by atoms with van der Waals surface area (Å²) in [4.78, 5) is 12.5. The zero-order valence-corrected chi connectivity index (χ0v) is 20.0. The van der Waals surface area contributed by atoms with E-state index in [2.05, 4.69) is 44.9 Å². The van der Waals surface area contributed by atoms with Crippen molar-refractivity contribution >= 4 is 19.4 Å². The molecule has 0 aromatic heterocycles. The maximum atomic E-state index is 12.5. The molecule has 0 radical (unpaired) electrons. The van der Waals surface area contributed by atoms with Crippen LogP contribution in [0.3, 0.4) is 0 Å². The van der Waals surface area contributed by atoms with Crippen LogP contribution in [0.1, 0.15) is 25.0 Å². The van der Waals surface area contributed by atoms with E-state index >= 15 is 0 Å². The largest absolute Gasteiger partial charge is 0.496 e. The van der Waals surface area contributed by atoms with Gasteiger partial charge >= 0.3 is 6.09 Å². The van der Waals surface area contributed by atoms with Crippen molar-refractivity contribution in [1.82, 2.24) is 5.32 Å². The van der Waals surface area contributed by atoms with E-state index in [0.717, 1.165) is 33.2 Å². The Morgan fingerprint density at radius 2 is 1.62 bits per heavy atom. The van der Waals surface area contributed by atoms with Crippen molar-refractivity contribution in [2.24, 2.45) is 0 Å². The monoisotopic (exact) mass is 415 g/mol. The Morgan fingerprint density at radius 1 is 1.00 bits per heavy atom. The lowest BCUT2D eigenvalue weighted by Gasteiger charge is -2.27. The van der Waals surface area contributed by atoms with Gasteiger partial charge in [0.1, 0.15) is 5.75 Å². The van der Waals surface area contributed by atoms with Gasteiger partial charge in [0.05, 0.1) is 22.3 Å². The zero-order valence-electron chi connectivity index (χ0n) is 19.0. The van der Waals surface area contributed by atoms with Crippen molar-refractivity contribution in [3.05, 3.63) is 35.4 Å². The molecule has 0 fully saturated rings. The maximum absolute atomic E-state index is 12.5. The normalized spacial score (nSPS) is 11.4. The Balaban J connectivity index is 2.82. The first-order valence-corrected chi connectivity index (χ1v) is 13.3. The predicted octanol–water partition coefficient (Wildman–Crippen LogP) is 5.03. The number of benzene rings is 2. The third kappa shape index (κ3) is 5.12. The van der Waals surface area contributed by atoms with Crippen LogP contribution in [0, 0.1) is 13.8 Å². The lowest BCUT2D eigenvalue weighted by Crippen LogP contribution is -2.42. The highest BCUT2D eigenvalue weighted by Gasteiger charge is 2.31. The molecule has 0 atom stereocenters. The van der Waals surface area contributed by atoms with Crippen LogP contribution < -0.4 is 24.7 Å². The van der Waals surface area contributed by atoms with Gasteiger partial charge < -0.3 is 19.5 Å². The molecule has 2 rings (SSSR count). The third-order valence-corrected chi connectivity index (χ3v) is 6.62. The highest BCUT2D eigenvalue weighted by Crippen LogP contribution is 2.39. The molecule has 0 aliphatic rings. The molecule has 5 nitrogen and oxygen atoms in total. The number of hydrogen-bond donors (Lipinski definition) is 1. The van der Waals surface area contributed by atoms with E-state index in [1.54, 1.807) is 14.2 Å². The SMILES string of the molecule is COc1ccc(-c2c(C)cc(C)cc2OC)c([Si](C)(C)C)c1OC(=O)NC(C)C. The van der Waals surface area contributed by atoms with Gasteiger partial charge in [0.25, 0.3) is 0 Å². The fourth-order valence-electron chi connectivity index (χ4n) is 3.57. The number of aryl methyl sites for hydroxylation is 2. The van der Waals surface area contributed by atoms with Gasteiger partial charge in [0, 0.05) is 11.6 Å². The third-order valence-electron chi connectivity index (χ3n) is 4.63. The summed E-state index contributed by atoms with van der Waals surface area (Å²) in [6.45, 7) is 14.6. The van der Waals surface area contributed by atoms with Crippen molar-refractivity contribution in [1.29, 1.82) is 0 Å². The smallest absolute Gasteiger partial charge is 0.412 e. The molecule has 2 aromatic carbocycles. The van der Waals surface area contributed by atoms with Crippen LogP contribution in [-0.4, -0.2) is 34.4 Å². The number of rotatable bonds is 6. The first-order chi connectivity index (χ1) is 13.5. The molecule has 29 heavy (non-hydrogen) atoms. The Bertz CT molecular complexity index is 901. The molecule has 0 unspecified atom stereocenters. The average Bonchev–Trinajstić information content (AvgIpc) is 2.58. The molecule has 0 aliphatic carbocycles. The highest BCUT2D eigenvalue weighted by molar-refractivity contribution is 6.90. The van der Waals surface area contributed by atoms with Gasteiger partial charge in [-0.05, 0) is 61.7 Å². The van der Waals surface area contributed by atoms with E-state index in [0.29, 0.717) is 11.5 Å². The van der Waals surface area contributed by atoms with Gasteiger partial charge in [-0.2, -0.15) is 0 Å². The van der Waals surface area contributed by atoms with Crippen LogP contribution in [-0.2, 0) is 0 Å². The van der Waals surface area contributed by atoms with E-state index in [9.17, 15) is 4.79 Å². The predicted molar refractivity (Wildman–Crippen MR) is 122 cm³/mol. The summed E-state index contributed by atoms with van der Waals surface area (Å²) in [6.07, 6.45) is -0.484. The van der Waals surface area contributed by atoms with E-state index in [-0.39, 0.29) is 6.04 Å². The molecule has 6 heteroatoms. The van der Waals surface area contributed by atoms with Crippen LogP contribution in [0.25, 0.3) is 11.1 Å². The molecule has 1 N–H and O–H groups in total. The van der Waals surface area contributed by atoms with Crippen molar-refractivity contribution in [3.8, 4) is 28.4 Å². The number of carbonyl (C=O) groups excluding carboxylic acids is 1. The van der Waals surface area contributed by atoms with Gasteiger partial charge in [-0.25, -0.2) is 4.79 Å². The lowest BCUT2D eigenvalue weighted by molar-refractivity contribution is 0.196. The molecule has 0 saturated carbocycles. The van der Waals surface area contributed by atoms with E-state index in [1.807, 2.05) is 32.0 Å². The molecule has 1 amide bonds. The summed E-state index contributed by atoms with van der Waals surface area (Å²) in [5, 5.41) is 3.82. The second kappa shape index (κ2) is 8.90. The molecular weight excluding hydrogens is 382 g/mol. The van der Waals surface area contributed by atoms with E-state index in [4.69, 9.17) is 14.2 Å². The van der Waals surface area contributed by atoms with Gasteiger partial charge in [-0.1, -0.05) is 31.8 Å². The average molecular weight is 416 g/mol. The summed E-state index contributed by atoms with van der Waals surface area (Å²) in [6, 6.07) is 8.05. The zero-order chi connectivity index (χ0) is 21.9. The van der Waals surface area contributed by atoms with E-state index in [1.165, 1.54) is 0 Å². The van der Waals surface area contributed by atoms with Gasteiger partial charge in [0.2, 0.25) is 0 Å². The van der Waals surface area contributed by atoms with Crippen LogP contribution in [0.4, 0.5) is 4.79 Å². The Hall–Kier alpha value is -2.47. The number of ether oxygens (including phenoxy) is 3. The minimum absolute atomic E-state index is 0.0218. The quantitative estimate of drug-likeness (QED) is 0.672. The second-order valence-corrected chi connectivity index (χ2v) is 13.6. The second-order valence-electron chi connectivity index (χ2n) is 8.62. The first kappa shape index (κ1) is 22.8. The lowest BCUT2D eigenvalue weighted by atomic mass is 9.97. The Morgan fingerprint density at radius 3 is 2.14 bits per heavy atom. The topological polar surface area (TPSA) is 56.8 Å². The van der Waals surface area contributed by atoms with Crippen LogP contribution in [0.5, 0.6) is 17.2 Å². The highest BCUT2D eigenvalue weighted by atomic mass is 28.3. The number of hydrogen-bond acceptors (Lipinski definition) is 4.